The van der Waals surface area contributed by atoms with Crippen LogP contribution in [0.5, 0.6) is 5.88 Å². The molecule has 0 radical (unpaired) electrons. The normalized spacial score (nSPS) is 24.6. The predicted molar refractivity (Wildman–Crippen MR) is 70.5 cm³/mol. The van der Waals surface area contributed by atoms with E-state index in [1.54, 1.807) is 0 Å². The summed E-state index contributed by atoms with van der Waals surface area (Å²) in [5, 5.41) is 0. The summed E-state index contributed by atoms with van der Waals surface area (Å²) in [7, 11) is 0. The molecule has 1 aromatic rings. The van der Waals surface area contributed by atoms with Gasteiger partial charge in [0.05, 0.1) is 11.6 Å². The van der Waals surface area contributed by atoms with Crippen LogP contribution in [0.4, 0.5) is 0 Å². The van der Waals surface area contributed by atoms with E-state index in [2.05, 4.69) is 11.9 Å². The average Bonchev–Trinajstić information content (AvgIpc) is 2.39. The van der Waals surface area contributed by atoms with E-state index in [1.807, 2.05) is 18.2 Å². The quantitative estimate of drug-likeness (QED) is 0.752. The van der Waals surface area contributed by atoms with Crippen molar-refractivity contribution < 1.29 is 4.74 Å². The largest absolute Gasteiger partial charge is 0.474 e. The monoisotopic (exact) mass is 253 g/mol. The summed E-state index contributed by atoms with van der Waals surface area (Å²) in [5.41, 5.74) is 0.882. The van der Waals surface area contributed by atoms with Gasteiger partial charge in [0.2, 0.25) is 5.88 Å². The number of ether oxygens (including phenoxy) is 1. The highest BCUT2D eigenvalue weighted by Crippen LogP contribution is 2.29. The van der Waals surface area contributed by atoms with Crippen LogP contribution in [0.3, 0.4) is 0 Å². The summed E-state index contributed by atoms with van der Waals surface area (Å²) in [6.07, 6.45) is 6.60. The number of nitrogens with zero attached hydrogens (tertiary/aromatic N) is 1. The van der Waals surface area contributed by atoms with E-state index in [9.17, 15) is 0 Å². The van der Waals surface area contributed by atoms with Crippen molar-refractivity contribution in [3.63, 3.8) is 0 Å². The van der Waals surface area contributed by atoms with Gasteiger partial charge in [0, 0.05) is 6.07 Å². The Morgan fingerprint density at radius 3 is 2.94 bits per heavy atom. The van der Waals surface area contributed by atoms with Gasteiger partial charge in [0.25, 0.3) is 0 Å². The number of pyridine rings is 1. The van der Waals surface area contributed by atoms with Gasteiger partial charge in [-0.05, 0) is 37.7 Å². The molecule has 2 nitrogen and oxygen atoms in total. The number of halogens is 1. The van der Waals surface area contributed by atoms with Gasteiger partial charge < -0.3 is 4.74 Å². The number of alkyl halides is 1. The Labute approximate surface area is 108 Å². The van der Waals surface area contributed by atoms with Gasteiger partial charge >= 0.3 is 0 Å². The lowest BCUT2D eigenvalue weighted by Gasteiger charge is -2.30. The fraction of sp³-hybridized carbons (Fsp3) is 0.643. The molecule has 1 heterocycles. The highest BCUT2D eigenvalue weighted by Gasteiger charge is 2.25. The molecular formula is C14H20ClNO. The van der Waals surface area contributed by atoms with Crippen molar-refractivity contribution in [1.29, 1.82) is 0 Å². The zero-order chi connectivity index (χ0) is 12.1. The molecule has 3 heteroatoms. The Kier molecular flexibility index (Phi) is 4.66. The Morgan fingerprint density at radius 1 is 1.35 bits per heavy atom. The minimum absolute atomic E-state index is 0.340. The van der Waals surface area contributed by atoms with Gasteiger partial charge in [-0.25, -0.2) is 4.98 Å². The molecule has 0 saturated heterocycles. The van der Waals surface area contributed by atoms with Crippen molar-refractivity contribution >= 4 is 11.6 Å². The maximum absolute atomic E-state index is 6.03. The van der Waals surface area contributed by atoms with Crippen molar-refractivity contribution in [2.75, 3.05) is 0 Å². The Bertz CT molecular complexity index is 356. The lowest BCUT2D eigenvalue weighted by atomic mass is 9.85. The van der Waals surface area contributed by atoms with Crippen molar-refractivity contribution in [3.8, 4) is 5.88 Å². The number of aromatic nitrogens is 1. The fourth-order valence-electron chi connectivity index (χ4n) is 2.55. The van der Waals surface area contributed by atoms with E-state index in [0.717, 1.165) is 18.0 Å². The molecule has 0 N–H and O–H groups in total. The van der Waals surface area contributed by atoms with Crippen LogP contribution in [-0.2, 0) is 5.88 Å². The number of hydrogen-bond acceptors (Lipinski definition) is 2. The first-order chi connectivity index (χ1) is 8.33. The third kappa shape index (κ3) is 3.35. The molecule has 1 aliphatic rings. The number of rotatable bonds is 4. The lowest BCUT2D eigenvalue weighted by molar-refractivity contribution is 0.0857. The minimum Gasteiger partial charge on any atom is -0.474 e. The van der Waals surface area contributed by atoms with Crippen LogP contribution in [0.15, 0.2) is 18.2 Å². The van der Waals surface area contributed by atoms with Crippen molar-refractivity contribution in [1.82, 2.24) is 4.98 Å². The maximum Gasteiger partial charge on any atom is 0.213 e. The predicted octanol–water partition coefficient (Wildman–Crippen LogP) is 4.17. The Hall–Kier alpha value is -0.760. The van der Waals surface area contributed by atoms with E-state index in [1.165, 1.54) is 25.7 Å². The van der Waals surface area contributed by atoms with Crippen LogP contribution >= 0.6 is 11.6 Å². The summed E-state index contributed by atoms with van der Waals surface area (Å²) < 4.78 is 6.03. The van der Waals surface area contributed by atoms with E-state index >= 15 is 0 Å². The van der Waals surface area contributed by atoms with Crippen LogP contribution in [0, 0.1) is 5.92 Å². The first-order valence-corrected chi connectivity index (χ1v) is 7.05. The summed E-state index contributed by atoms with van der Waals surface area (Å²) in [4.78, 5) is 4.40. The summed E-state index contributed by atoms with van der Waals surface area (Å²) in [6, 6.07) is 5.82. The molecule has 2 unspecified atom stereocenters. The fourth-order valence-corrected chi connectivity index (χ4v) is 2.70. The van der Waals surface area contributed by atoms with Crippen LogP contribution < -0.4 is 4.74 Å². The van der Waals surface area contributed by atoms with Gasteiger partial charge in [-0.1, -0.05) is 19.4 Å². The van der Waals surface area contributed by atoms with E-state index in [0.29, 0.717) is 17.9 Å². The van der Waals surface area contributed by atoms with Crippen molar-refractivity contribution in [3.05, 3.63) is 23.9 Å². The highest BCUT2D eigenvalue weighted by atomic mass is 35.5. The van der Waals surface area contributed by atoms with Crippen LogP contribution in [0.25, 0.3) is 0 Å². The average molecular weight is 254 g/mol. The SMILES string of the molecule is CCC1CCCCC1Oc1cccc(CCl)n1. The molecule has 17 heavy (non-hydrogen) atoms. The highest BCUT2D eigenvalue weighted by molar-refractivity contribution is 6.16. The second-order valence-corrected chi connectivity index (χ2v) is 4.98. The second-order valence-electron chi connectivity index (χ2n) is 4.71. The van der Waals surface area contributed by atoms with E-state index < -0.39 is 0 Å². The first-order valence-electron chi connectivity index (χ1n) is 6.52. The standard InChI is InChI=1S/C14H20ClNO/c1-2-11-6-3-4-8-13(11)17-14-9-5-7-12(10-15)16-14/h5,7,9,11,13H,2-4,6,8,10H2,1H3. The van der Waals surface area contributed by atoms with Gasteiger partial charge in [-0.2, -0.15) is 0 Å². The molecule has 1 aliphatic carbocycles. The Balaban J connectivity index is 2.02. The molecule has 0 aromatic carbocycles. The third-order valence-electron chi connectivity index (χ3n) is 3.55. The molecule has 0 amide bonds. The molecular weight excluding hydrogens is 234 g/mol. The third-order valence-corrected chi connectivity index (χ3v) is 3.83. The molecule has 2 rings (SSSR count). The van der Waals surface area contributed by atoms with Gasteiger partial charge in [0.15, 0.2) is 0 Å². The molecule has 0 spiro atoms. The van der Waals surface area contributed by atoms with Crippen molar-refractivity contribution in [2.24, 2.45) is 5.92 Å². The molecule has 1 aromatic heterocycles. The van der Waals surface area contributed by atoms with Crippen molar-refractivity contribution in [2.45, 2.75) is 51.0 Å². The minimum atomic E-state index is 0.340. The second kappa shape index (κ2) is 6.25. The molecule has 94 valence electrons. The van der Waals surface area contributed by atoms with E-state index in [-0.39, 0.29) is 0 Å². The molecule has 0 aliphatic heterocycles. The molecule has 2 atom stereocenters. The summed E-state index contributed by atoms with van der Waals surface area (Å²) in [6.45, 7) is 2.25. The molecule has 1 saturated carbocycles. The summed E-state index contributed by atoms with van der Waals surface area (Å²) >= 11 is 5.78. The van der Waals surface area contributed by atoms with E-state index in [4.69, 9.17) is 16.3 Å². The zero-order valence-electron chi connectivity index (χ0n) is 10.4. The smallest absolute Gasteiger partial charge is 0.213 e. The molecule has 0 bridgehead atoms. The topological polar surface area (TPSA) is 22.1 Å². The van der Waals surface area contributed by atoms with Crippen LogP contribution in [-0.4, -0.2) is 11.1 Å². The van der Waals surface area contributed by atoms with Crippen LogP contribution in [0.1, 0.15) is 44.7 Å². The maximum atomic E-state index is 6.03. The van der Waals surface area contributed by atoms with Gasteiger partial charge in [-0.3, -0.25) is 0 Å². The number of hydrogen-bond donors (Lipinski definition) is 0. The zero-order valence-corrected chi connectivity index (χ0v) is 11.1. The van der Waals surface area contributed by atoms with Gasteiger partial charge in [-0.15, -0.1) is 11.6 Å². The lowest BCUT2D eigenvalue weighted by Crippen LogP contribution is -2.30. The molecule has 1 fully saturated rings. The van der Waals surface area contributed by atoms with Crippen LogP contribution in [0.2, 0.25) is 0 Å². The van der Waals surface area contributed by atoms with Gasteiger partial charge in [0.1, 0.15) is 6.10 Å². The summed E-state index contributed by atoms with van der Waals surface area (Å²) in [5.74, 6) is 1.86. The first kappa shape index (κ1) is 12.7. The Morgan fingerprint density at radius 2 is 2.18 bits per heavy atom.